The van der Waals surface area contributed by atoms with Crippen molar-refractivity contribution in [1.82, 2.24) is 19.7 Å². The van der Waals surface area contributed by atoms with Gasteiger partial charge in [0.1, 0.15) is 4.83 Å². The minimum atomic E-state index is 0.0202. The monoisotopic (exact) mass is 438 g/mol. The number of nitrogens with zero attached hydrogens (tertiary/aromatic N) is 4. The van der Waals surface area contributed by atoms with E-state index >= 15 is 0 Å². The Kier molecular flexibility index (Phi) is 4.99. The van der Waals surface area contributed by atoms with E-state index in [-0.39, 0.29) is 5.56 Å². The number of aromatic nitrogens is 4. The lowest BCUT2D eigenvalue weighted by Crippen LogP contribution is -2.22. The van der Waals surface area contributed by atoms with Gasteiger partial charge in [0.05, 0.1) is 16.8 Å². The van der Waals surface area contributed by atoms with Crippen molar-refractivity contribution in [2.75, 3.05) is 0 Å². The van der Waals surface area contributed by atoms with Gasteiger partial charge in [0.15, 0.2) is 11.0 Å². The van der Waals surface area contributed by atoms with Crippen molar-refractivity contribution in [3.05, 3.63) is 61.8 Å². The lowest BCUT2D eigenvalue weighted by molar-refractivity contribution is 0.387. The Morgan fingerprint density at radius 3 is 2.73 bits per heavy atom. The third-order valence-electron chi connectivity index (χ3n) is 5.60. The van der Waals surface area contributed by atoms with E-state index in [0.717, 1.165) is 40.7 Å². The molecule has 30 heavy (non-hydrogen) atoms. The van der Waals surface area contributed by atoms with Crippen molar-refractivity contribution in [3.8, 4) is 5.69 Å². The van der Waals surface area contributed by atoms with Crippen LogP contribution in [0.1, 0.15) is 46.1 Å². The Morgan fingerprint density at radius 1 is 1.13 bits per heavy atom. The molecular weight excluding hydrogens is 416 g/mol. The molecule has 3 aromatic heterocycles. The molecule has 0 N–H and O–H groups in total. The molecule has 1 aromatic carbocycles. The maximum Gasteiger partial charge on any atom is 0.267 e. The molecule has 0 saturated heterocycles. The number of rotatable bonds is 4. The summed E-state index contributed by atoms with van der Waals surface area (Å²) in [7, 11) is 0. The fraction of sp³-hybridized carbons (Fsp3) is 0.364. The van der Waals surface area contributed by atoms with Crippen LogP contribution in [0.2, 0.25) is 0 Å². The van der Waals surface area contributed by atoms with Gasteiger partial charge < -0.3 is 4.52 Å². The van der Waals surface area contributed by atoms with Gasteiger partial charge in [-0.3, -0.25) is 9.36 Å². The van der Waals surface area contributed by atoms with Crippen molar-refractivity contribution >= 4 is 33.3 Å². The molecule has 0 bridgehead atoms. The molecule has 0 unspecified atom stereocenters. The Hall–Kier alpha value is -2.45. The molecular formula is C22H22N4O2S2. The summed E-state index contributed by atoms with van der Waals surface area (Å²) < 4.78 is 7.01. The van der Waals surface area contributed by atoms with Gasteiger partial charge in [-0.25, -0.2) is 4.98 Å². The molecule has 3 heterocycles. The molecule has 0 aliphatic heterocycles. The largest absolute Gasteiger partial charge is 0.338 e. The number of hydrogen-bond donors (Lipinski definition) is 0. The molecule has 6 nitrogen and oxygen atoms in total. The van der Waals surface area contributed by atoms with E-state index in [1.165, 1.54) is 34.2 Å². The van der Waals surface area contributed by atoms with Crippen LogP contribution in [-0.2, 0) is 18.6 Å². The summed E-state index contributed by atoms with van der Waals surface area (Å²) in [5.41, 5.74) is 4.42. The van der Waals surface area contributed by atoms with Crippen LogP contribution in [0.4, 0.5) is 0 Å². The highest BCUT2D eigenvalue weighted by atomic mass is 32.2. The molecule has 5 rings (SSSR count). The molecule has 0 saturated carbocycles. The maximum absolute atomic E-state index is 13.8. The van der Waals surface area contributed by atoms with Gasteiger partial charge >= 0.3 is 0 Å². The average Bonchev–Trinajstić information content (AvgIpc) is 3.31. The standard InChI is InChI=1S/C22H22N4O2S2/c1-12-8-9-15(10-13(12)2)26-21(27)19-16-6-4-5-7-17(16)30-20(19)24-22(26)29-11-18-23-14(3)25-28-18/h8-10H,4-7,11H2,1-3H3. The first kappa shape index (κ1) is 19.5. The first-order valence-corrected chi connectivity index (χ1v) is 11.9. The van der Waals surface area contributed by atoms with Gasteiger partial charge in [-0.05, 0) is 75.3 Å². The fourth-order valence-electron chi connectivity index (χ4n) is 3.90. The molecule has 4 aromatic rings. The van der Waals surface area contributed by atoms with Gasteiger partial charge in [-0.2, -0.15) is 4.98 Å². The number of benzene rings is 1. The molecule has 0 radical (unpaired) electrons. The van der Waals surface area contributed by atoms with Gasteiger partial charge in [-0.15, -0.1) is 11.3 Å². The quantitative estimate of drug-likeness (QED) is 0.332. The fourth-order valence-corrected chi connectivity index (χ4v) is 6.05. The zero-order valence-corrected chi connectivity index (χ0v) is 18.8. The zero-order valence-electron chi connectivity index (χ0n) is 17.2. The summed E-state index contributed by atoms with van der Waals surface area (Å²) in [5, 5.41) is 5.31. The van der Waals surface area contributed by atoms with E-state index in [4.69, 9.17) is 9.51 Å². The minimum absolute atomic E-state index is 0.0202. The number of fused-ring (bicyclic) bond motifs is 3. The molecule has 0 amide bonds. The van der Waals surface area contributed by atoms with Crippen LogP contribution in [-0.4, -0.2) is 19.7 Å². The van der Waals surface area contributed by atoms with Crippen molar-refractivity contribution in [2.24, 2.45) is 0 Å². The summed E-state index contributed by atoms with van der Waals surface area (Å²) in [4.78, 5) is 25.2. The third-order valence-corrected chi connectivity index (χ3v) is 7.71. The molecule has 0 atom stereocenters. The SMILES string of the molecule is Cc1noc(CSc2nc3sc4c(c3c(=O)n2-c2ccc(C)c(C)c2)CCCC4)n1. The van der Waals surface area contributed by atoms with Crippen molar-refractivity contribution in [2.45, 2.75) is 57.4 Å². The van der Waals surface area contributed by atoms with Gasteiger partial charge in [0.25, 0.3) is 5.56 Å². The van der Waals surface area contributed by atoms with Crippen molar-refractivity contribution in [3.63, 3.8) is 0 Å². The highest BCUT2D eigenvalue weighted by Gasteiger charge is 2.23. The van der Waals surface area contributed by atoms with E-state index in [0.29, 0.717) is 22.6 Å². The summed E-state index contributed by atoms with van der Waals surface area (Å²) >= 11 is 3.13. The van der Waals surface area contributed by atoms with Crippen LogP contribution in [0.3, 0.4) is 0 Å². The second-order valence-corrected chi connectivity index (χ2v) is 9.74. The smallest absolute Gasteiger partial charge is 0.267 e. The van der Waals surface area contributed by atoms with Crippen LogP contribution in [0.15, 0.2) is 32.7 Å². The second kappa shape index (κ2) is 7.67. The lowest BCUT2D eigenvalue weighted by Gasteiger charge is -2.14. The predicted octanol–water partition coefficient (Wildman–Crippen LogP) is 4.93. The summed E-state index contributed by atoms with van der Waals surface area (Å²) in [5.74, 6) is 1.60. The van der Waals surface area contributed by atoms with Crippen molar-refractivity contribution < 1.29 is 4.52 Å². The van der Waals surface area contributed by atoms with E-state index in [1.807, 2.05) is 6.07 Å². The molecule has 0 spiro atoms. The van der Waals surface area contributed by atoms with Gasteiger partial charge in [0.2, 0.25) is 5.89 Å². The maximum atomic E-state index is 13.8. The zero-order chi connectivity index (χ0) is 20.8. The Balaban J connectivity index is 1.69. The molecule has 8 heteroatoms. The van der Waals surface area contributed by atoms with Crippen LogP contribution >= 0.6 is 23.1 Å². The Bertz CT molecular complexity index is 1320. The first-order chi connectivity index (χ1) is 14.5. The molecule has 154 valence electrons. The number of thiophene rings is 1. The summed E-state index contributed by atoms with van der Waals surface area (Å²) in [6.45, 7) is 5.94. The van der Waals surface area contributed by atoms with E-state index in [1.54, 1.807) is 22.8 Å². The van der Waals surface area contributed by atoms with Crippen molar-refractivity contribution in [1.29, 1.82) is 0 Å². The van der Waals surface area contributed by atoms with Gasteiger partial charge in [-0.1, -0.05) is 23.0 Å². The third kappa shape index (κ3) is 3.37. The normalized spacial score (nSPS) is 13.7. The Morgan fingerprint density at radius 2 is 1.97 bits per heavy atom. The molecule has 1 aliphatic rings. The highest BCUT2D eigenvalue weighted by Crippen LogP contribution is 2.35. The molecule has 0 fully saturated rings. The highest BCUT2D eigenvalue weighted by molar-refractivity contribution is 7.98. The summed E-state index contributed by atoms with van der Waals surface area (Å²) in [6.07, 6.45) is 4.33. The minimum Gasteiger partial charge on any atom is -0.338 e. The topological polar surface area (TPSA) is 73.8 Å². The predicted molar refractivity (Wildman–Crippen MR) is 120 cm³/mol. The van der Waals surface area contributed by atoms with Gasteiger partial charge in [0, 0.05) is 4.88 Å². The number of aryl methyl sites for hydroxylation is 5. The second-order valence-electron chi connectivity index (χ2n) is 7.72. The lowest BCUT2D eigenvalue weighted by atomic mass is 9.97. The van der Waals surface area contributed by atoms with Crippen LogP contribution in [0, 0.1) is 20.8 Å². The van der Waals surface area contributed by atoms with Crippen LogP contribution in [0.5, 0.6) is 0 Å². The average molecular weight is 439 g/mol. The van der Waals surface area contributed by atoms with E-state index in [2.05, 4.69) is 36.1 Å². The molecule has 1 aliphatic carbocycles. The van der Waals surface area contributed by atoms with E-state index in [9.17, 15) is 4.79 Å². The van der Waals surface area contributed by atoms with E-state index < -0.39 is 0 Å². The number of thioether (sulfide) groups is 1. The first-order valence-electron chi connectivity index (χ1n) is 10.1. The summed E-state index contributed by atoms with van der Waals surface area (Å²) in [6, 6.07) is 6.11. The number of hydrogen-bond acceptors (Lipinski definition) is 7. The van der Waals surface area contributed by atoms with Crippen LogP contribution in [0.25, 0.3) is 15.9 Å². The Labute approximate surface area is 182 Å². The van der Waals surface area contributed by atoms with Crippen LogP contribution < -0.4 is 5.56 Å².